The molecule has 0 amide bonds. The van der Waals surface area contributed by atoms with Gasteiger partial charge in [-0.25, -0.2) is 0 Å². The molecule has 7 heteroatoms. The van der Waals surface area contributed by atoms with E-state index in [2.05, 4.69) is 0 Å². The Balaban J connectivity index is 2.04. The van der Waals surface area contributed by atoms with Gasteiger partial charge >= 0.3 is 10.1 Å². The van der Waals surface area contributed by atoms with Crippen LogP contribution in [0, 0.1) is 13.8 Å². The predicted octanol–water partition coefficient (Wildman–Crippen LogP) is 5.74. The van der Waals surface area contributed by atoms with Crippen molar-refractivity contribution in [2.24, 2.45) is 0 Å². The van der Waals surface area contributed by atoms with Gasteiger partial charge in [0, 0.05) is 17.5 Å². The van der Waals surface area contributed by atoms with Gasteiger partial charge in [0.25, 0.3) is 0 Å². The van der Waals surface area contributed by atoms with Crippen LogP contribution >= 0.6 is 0 Å². The van der Waals surface area contributed by atoms with Crippen molar-refractivity contribution in [3.63, 3.8) is 0 Å². The minimum Gasteiger partial charge on any atom is -0.492 e. The number of carbonyl (C=O) groups is 1. The molecule has 0 spiro atoms. The lowest BCUT2D eigenvalue weighted by molar-refractivity contribution is -0.108. The van der Waals surface area contributed by atoms with E-state index in [1.54, 1.807) is 25.1 Å². The average Bonchev–Trinajstić information content (AvgIpc) is 2.83. The molecular formula is C27H30O6S. The van der Waals surface area contributed by atoms with E-state index in [-0.39, 0.29) is 16.6 Å². The number of rotatable bonds is 11. The highest BCUT2D eigenvalue weighted by molar-refractivity contribution is 7.87. The van der Waals surface area contributed by atoms with Crippen LogP contribution < -0.4 is 13.7 Å². The van der Waals surface area contributed by atoms with Gasteiger partial charge in [-0.2, -0.15) is 8.42 Å². The van der Waals surface area contributed by atoms with Crippen LogP contribution in [-0.4, -0.2) is 21.8 Å². The van der Waals surface area contributed by atoms with Gasteiger partial charge in [-0.15, -0.1) is 0 Å². The summed E-state index contributed by atoms with van der Waals surface area (Å²) < 4.78 is 43.4. The minimum atomic E-state index is -4.06. The second-order valence-corrected chi connectivity index (χ2v) is 9.77. The number of aldehydes is 1. The SMILES string of the molecule is COc1c(C)c(OS(=O)(=O)c2ccc(C)cc2)cc(C(C)CCC=O)c1OCc1ccccc1. The third-order valence-electron chi connectivity index (χ3n) is 5.65. The van der Waals surface area contributed by atoms with Crippen molar-refractivity contribution >= 4 is 16.4 Å². The summed E-state index contributed by atoms with van der Waals surface area (Å²) in [5.41, 5.74) is 3.15. The van der Waals surface area contributed by atoms with E-state index in [1.165, 1.54) is 19.2 Å². The number of carbonyl (C=O) groups excluding carboxylic acids is 1. The number of hydrogen-bond acceptors (Lipinski definition) is 6. The van der Waals surface area contributed by atoms with E-state index in [9.17, 15) is 13.2 Å². The van der Waals surface area contributed by atoms with Crippen LogP contribution in [0.5, 0.6) is 17.2 Å². The lowest BCUT2D eigenvalue weighted by atomic mass is 9.93. The zero-order valence-electron chi connectivity index (χ0n) is 19.9. The van der Waals surface area contributed by atoms with E-state index in [4.69, 9.17) is 13.7 Å². The molecule has 0 saturated heterocycles. The Hall–Kier alpha value is -3.32. The smallest absolute Gasteiger partial charge is 0.339 e. The third kappa shape index (κ3) is 5.97. The molecular weight excluding hydrogens is 452 g/mol. The summed E-state index contributed by atoms with van der Waals surface area (Å²) in [4.78, 5) is 11.1. The molecule has 0 bridgehead atoms. The van der Waals surface area contributed by atoms with Gasteiger partial charge < -0.3 is 18.5 Å². The maximum absolute atomic E-state index is 13.0. The Morgan fingerprint density at radius 3 is 2.26 bits per heavy atom. The Morgan fingerprint density at radius 1 is 0.971 bits per heavy atom. The highest BCUT2D eigenvalue weighted by atomic mass is 32.2. The summed E-state index contributed by atoms with van der Waals surface area (Å²) in [5, 5.41) is 0. The topological polar surface area (TPSA) is 78.9 Å². The molecule has 34 heavy (non-hydrogen) atoms. The molecule has 0 aromatic heterocycles. The van der Waals surface area contributed by atoms with Crippen LogP contribution in [0.3, 0.4) is 0 Å². The maximum atomic E-state index is 13.0. The molecule has 3 aromatic rings. The van der Waals surface area contributed by atoms with Gasteiger partial charge in [-0.05, 0) is 49.9 Å². The molecule has 0 aliphatic carbocycles. The Morgan fingerprint density at radius 2 is 1.65 bits per heavy atom. The van der Waals surface area contributed by atoms with Gasteiger partial charge in [0.2, 0.25) is 0 Å². The van der Waals surface area contributed by atoms with Crippen molar-refractivity contribution in [1.82, 2.24) is 0 Å². The first-order valence-electron chi connectivity index (χ1n) is 11.1. The molecule has 3 rings (SSSR count). The van der Waals surface area contributed by atoms with E-state index in [0.717, 1.165) is 17.4 Å². The van der Waals surface area contributed by atoms with Crippen molar-refractivity contribution in [3.05, 3.63) is 82.9 Å². The van der Waals surface area contributed by atoms with Gasteiger partial charge in [0.15, 0.2) is 11.5 Å². The predicted molar refractivity (Wildman–Crippen MR) is 131 cm³/mol. The van der Waals surface area contributed by atoms with E-state index >= 15 is 0 Å². The quantitative estimate of drug-likeness (QED) is 0.256. The summed E-state index contributed by atoms with van der Waals surface area (Å²) in [6.07, 6.45) is 1.81. The summed E-state index contributed by atoms with van der Waals surface area (Å²) in [6, 6.07) is 17.9. The summed E-state index contributed by atoms with van der Waals surface area (Å²) in [5.74, 6) is 0.982. The Labute approximate surface area is 201 Å². The van der Waals surface area contributed by atoms with Crippen LogP contribution in [0.25, 0.3) is 0 Å². The van der Waals surface area contributed by atoms with Crippen LogP contribution in [0.2, 0.25) is 0 Å². The molecule has 0 saturated carbocycles. The normalized spacial score (nSPS) is 12.1. The molecule has 6 nitrogen and oxygen atoms in total. The fourth-order valence-electron chi connectivity index (χ4n) is 3.65. The van der Waals surface area contributed by atoms with Crippen molar-refractivity contribution in [2.45, 2.75) is 51.0 Å². The fraction of sp³-hybridized carbons (Fsp3) is 0.296. The monoisotopic (exact) mass is 482 g/mol. The fourth-order valence-corrected chi connectivity index (χ4v) is 4.63. The first kappa shape index (κ1) is 25.3. The lowest BCUT2D eigenvalue weighted by Gasteiger charge is -2.23. The van der Waals surface area contributed by atoms with Crippen LogP contribution in [0.4, 0.5) is 0 Å². The average molecular weight is 483 g/mol. The van der Waals surface area contributed by atoms with Crippen LogP contribution in [-0.2, 0) is 21.5 Å². The van der Waals surface area contributed by atoms with Gasteiger partial charge in [-0.3, -0.25) is 0 Å². The molecule has 0 heterocycles. The molecule has 1 atom stereocenters. The second-order valence-electron chi connectivity index (χ2n) is 8.22. The lowest BCUT2D eigenvalue weighted by Crippen LogP contribution is -2.12. The zero-order valence-corrected chi connectivity index (χ0v) is 20.7. The number of ether oxygens (including phenoxy) is 2. The van der Waals surface area contributed by atoms with Gasteiger partial charge in [0.1, 0.15) is 23.5 Å². The first-order chi connectivity index (χ1) is 16.3. The number of hydrogen-bond donors (Lipinski definition) is 0. The largest absolute Gasteiger partial charge is 0.492 e. The van der Waals surface area contributed by atoms with Crippen molar-refractivity contribution < 1.29 is 26.9 Å². The van der Waals surface area contributed by atoms with Crippen molar-refractivity contribution in [1.29, 1.82) is 0 Å². The summed E-state index contributed by atoms with van der Waals surface area (Å²) in [7, 11) is -2.55. The van der Waals surface area contributed by atoms with Crippen LogP contribution in [0.1, 0.15) is 47.9 Å². The zero-order chi connectivity index (χ0) is 24.7. The molecule has 0 aliphatic rings. The van der Waals surface area contributed by atoms with Gasteiger partial charge in [-0.1, -0.05) is 55.0 Å². The van der Waals surface area contributed by atoms with E-state index in [0.29, 0.717) is 42.1 Å². The van der Waals surface area contributed by atoms with Crippen molar-refractivity contribution in [3.8, 4) is 17.2 Å². The highest BCUT2D eigenvalue weighted by Gasteiger charge is 2.26. The van der Waals surface area contributed by atoms with Crippen LogP contribution in [0.15, 0.2) is 65.6 Å². The second kappa shape index (κ2) is 11.2. The summed E-state index contributed by atoms with van der Waals surface area (Å²) in [6.45, 7) is 5.88. The summed E-state index contributed by atoms with van der Waals surface area (Å²) >= 11 is 0. The molecule has 0 N–H and O–H groups in total. The maximum Gasteiger partial charge on any atom is 0.339 e. The number of methoxy groups -OCH3 is 1. The number of aryl methyl sites for hydroxylation is 1. The highest BCUT2D eigenvalue weighted by Crippen LogP contribution is 2.45. The number of benzene rings is 3. The Bertz CT molecular complexity index is 1220. The molecule has 0 aliphatic heterocycles. The molecule has 3 aromatic carbocycles. The van der Waals surface area contributed by atoms with Gasteiger partial charge in [0.05, 0.1) is 7.11 Å². The first-order valence-corrected chi connectivity index (χ1v) is 12.5. The molecule has 1 unspecified atom stereocenters. The molecule has 180 valence electrons. The Kier molecular flexibility index (Phi) is 8.34. The standard InChI is InChI=1S/C27H30O6S/c1-19-12-14-23(15-13-19)34(29,30)33-25-17-24(20(2)9-8-16-28)27(26(31-4)21(25)3)32-18-22-10-6-5-7-11-22/h5-7,10-17,20H,8-9,18H2,1-4H3. The van der Waals surface area contributed by atoms with E-state index in [1.807, 2.05) is 44.2 Å². The minimum absolute atomic E-state index is 0.0661. The molecule has 0 fully saturated rings. The molecule has 0 radical (unpaired) electrons. The third-order valence-corrected chi connectivity index (χ3v) is 6.90. The van der Waals surface area contributed by atoms with Crippen molar-refractivity contribution in [2.75, 3.05) is 7.11 Å². The van der Waals surface area contributed by atoms with E-state index < -0.39 is 10.1 Å².